The van der Waals surface area contributed by atoms with Gasteiger partial charge in [-0.25, -0.2) is 8.42 Å². The molecule has 0 aliphatic carbocycles. The van der Waals surface area contributed by atoms with Crippen LogP contribution in [-0.2, 0) is 10.0 Å². The second-order valence-electron chi connectivity index (χ2n) is 4.91. The van der Waals surface area contributed by atoms with Gasteiger partial charge in [0.05, 0.1) is 4.90 Å². The number of rotatable bonds is 3. The van der Waals surface area contributed by atoms with Crippen LogP contribution in [0.1, 0.15) is 25.3 Å². The predicted molar refractivity (Wildman–Crippen MR) is 77.6 cm³/mol. The lowest BCUT2D eigenvalue weighted by Gasteiger charge is -2.16. The molecule has 2 rings (SSSR count). The number of nitrogens with zero attached hydrogens (tertiary/aromatic N) is 1. The monoisotopic (exact) mass is 293 g/mol. The van der Waals surface area contributed by atoms with Crippen LogP contribution >= 0.6 is 0 Å². The molecule has 0 saturated carbocycles. The van der Waals surface area contributed by atoms with Crippen molar-refractivity contribution in [3.05, 3.63) is 29.8 Å². The van der Waals surface area contributed by atoms with Crippen molar-refractivity contribution in [1.82, 2.24) is 4.31 Å². The summed E-state index contributed by atoms with van der Waals surface area (Å²) in [4.78, 5) is 0.277. The molecule has 1 aromatic carbocycles. The Morgan fingerprint density at radius 2 is 2.25 bits per heavy atom. The summed E-state index contributed by atoms with van der Waals surface area (Å²) >= 11 is 0. The van der Waals surface area contributed by atoms with Crippen LogP contribution in [0.5, 0.6) is 0 Å². The van der Waals surface area contributed by atoms with Crippen LogP contribution in [0.4, 0.5) is 0 Å². The van der Waals surface area contributed by atoms with Gasteiger partial charge in [-0.1, -0.05) is 31.3 Å². The van der Waals surface area contributed by atoms with E-state index in [0.717, 1.165) is 12.8 Å². The van der Waals surface area contributed by atoms with Gasteiger partial charge in [-0.15, -0.1) is 0 Å². The van der Waals surface area contributed by atoms with Crippen molar-refractivity contribution >= 4 is 10.0 Å². The van der Waals surface area contributed by atoms with Crippen molar-refractivity contribution in [3.63, 3.8) is 0 Å². The van der Waals surface area contributed by atoms with Gasteiger partial charge in [0.15, 0.2) is 0 Å². The largest absolute Gasteiger partial charge is 0.384 e. The lowest BCUT2D eigenvalue weighted by Crippen LogP contribution is -2.28. The Bertz CT molecular complexity index is 628. The third kappa shape index (κ3) is 3.21. The Kier molecular flexibility index (Phi) is 4.81. The molecule has 0 spiro atoms. The molecule has 1 saturated heterocycles. The highest BCUT2D eigenvalue weighted by Crippen LogP contribution is 2.26. The summed E-state index contributed by atoms with van der Waals surface area (Å²) in [6, 6.07) is 6.58. The molecule has 1 aliphatic heterocycles. The van der Waals surface area contributed by atoms with Crippen LogP contribution < -0.4 is 0 Å². The van der Waals surface area contributed by atoms with Crippen LogP contribution in [-0.4, -0.2) is 37.5 Å². The van der Waals surface area contributed by atoms with E-state index in [4.69, 9.17) is 5.11 Å². The first-order valence-corrected chi connectivity index (χ1v) is 8.22. The third-order valence-corrected chi connectivity index (χ3v) is 5.47. The zero-order valence-electron chi connectivity index (χ0n) is 11.5. The number of aliphatic hydroxyl groups is 1. The first kappa shape index (κ1) is 15.0. The molecule has 1 atom stereocenters. The molecule has 1 heterocycles. The average molecular weight is 293 g/mol. The second kappa shape index (κ2) is 6.40. The van der Waals surface area contributed by atoms with Crippen LogP contribution in [0.2, 0.25) is 0 Å². The van der Waals surface area contributed by atoms with Crippen molar-refractivity contribution in [1.29, 1.82) is 0 Å². The predicted octanol–water partition coefficient (Wildman–Crippen LogP) is 1.45. The van der Waals surface area contributed by atoms with Gasteiger partial charge >= 0.3 is 0 Å². The van der Waals surface area contributed by atoms with E-state index in [1.165, 1.54) is 0 Å². The summed E-state index contributed by atoms with van der Waals surface area (Å²) in [6.45, 7) is 3.05. The van der Waals surface area contributed by atoms with Crippen LogP contribution in [0.25, 0.3) is 0 Å². The van der Waals surface area contributed by atoms with Gasteiger partial charge in [0, 0.05) is 18.7 Å². The molecular formula is C15H19NO3S. The molecule has 5 heteroatoms. The molecule has 1 aliphatic rings. The summed E-state index contributed by atoms with van der Waals surface area (Å²) < 4.78 is 26.7. The average Bonchev–Trinajstić information content (AvgIpc) is 2.95. The summed E-state index contributed by atoms with van der Waals surface area (Å²) in [7, 11) is -3.43. The number of hydrogen-bond donors (Lipinski definition) is 1. The zero-order valence-corrected chi connectivity index (χ0v) is 12.4. The topological polar surface area (TPSA) is 57.6 Å². The maximum absolute atomic E-state index is 12.6. The molecule has 20 heavy (non-hydrogen) atoms. The highest BCUT2D eigenvalue weighted by molar-refractivity contribution is 7.89. The molecule has 1 unspecified atom stereocenters. The Balaban J connectivity index is 2.26. The first-order valence-electron chi connectivity index (χ1n) is 6.78. The van der Waals surface area contributed by atoms with E-state index < -0.39 is 10.0 Å². The molecule has 1 N–H and O–H groups in total. The van der Waals surface area contributed by atoms with E-state index >= 15 is 0 Å². The van der Waals surface area contributed by atoms with Crippen molar-refractivity contribution in [2.75, 3.05) is 19.7 Å². The lowest BCUT2D eigenvalue weighted by atomic mass is 10.1. The van der Waals surface area contributed by atoms with E-state index in [1.807, 2.05) is 0 Å². The quantitative estimate of drug-likeness (QED) is 0.858. The van der Waals surface area contributed by atoms with E-state index in [1.54, 1.807) is 28.6 Å². The molecule has 0 radical (unpaired) electrons. The van der Waals surface area contributed by atoms with Gasteiger partial charge < -0.3 is 5.11 Å². The normalized spacial score (nSPS) is 19.6. The van der Waals surface area contributed by atoms with Gasteiger partial charge in [0.1, 0.15) is 6.61 Å². The van der Waals surface area contributed by atoms with Gasteiger partial charge in [-0.2, -0.15) is 4.31 Å². The third-order valence-electron chi connectivity index (χ3n) is 3.61. The zero-order chi connectivity index (χ0) is 14.6. The Hall–Kier alpha value is -1.35. The number of sulfonamides is 1. The van der Waals surface area contributed by atoms with Gasteiger partial charge in [0.25, 0.3) is 0 Å². The Labute approximate surface area is 120 Å². The Morgan fingerprint density at radius 3 is 2.90 bits per heavy atom. The molecule has 0 aromatic heterocycles. The summed E-state index contributed by atoms with van der Waals surface area (Å²) in [5, 5.41) is 8.69. The molecule has 0 bridgehead atoms. The highest BCUT2D eigenvalue weighted by atomic mass is 32.2. The SMILES string of the molecule is CCC1CCN(S(=O)(=O)c2cccc(C#CCO)c2)C1. The van der Waals surface area contributed by atoms with E-state index in [-0.39, 0.29) is 11.5 Å². The summed E-state index contributed by atoms with van der Waals surface area (Å²) in [6.07, 6.45) is 1.94. The smallest absolute Gasteiger partial charge is 0.243 e. The minimum absolute atomic E-state index is 0.235. The van der Waals surface area contributed by atoms with Crippen LogP contribution in [0, 0.1) is 17.8 Å². The highest BCUT2D eigenvalue weighted by Gasteiger charge is 2.31. The summed E-state index contributed by atoms with van der Waals surface area (Å²) in [5.74, 6) is 5.72. The van der Waals surface area contributed by atoms with Gasteiger partial charge in [0.2, 0.25) is 10.0 Å². The second-order valence-corrected chi connectivity index (χ2v) is 6.85. The molecule has 0 amide bonds. The van der Waals surface area contributed by atoms with Crippen LogP contribution in [0.3, 0.4) is 0 Å². The van der Waals surface area contributed by atoms with Crippen molar-refractivity contribution < 1.29 is 13.5 Å². The fourth-order valence-corrected chi connectivity index (χ4v) is 3.95. The fourth-order valence-electron chi connectivity index (χ4n) is 2.37. The van der Waals surface area contributed by atoms with Crippen LogP contribution in [0.15, 0.2) is 29.2 Å². The minimum atomic E-state index is -3.43. The lowest BCUT2D eigenvalue weighted by molar-refractivity contribution is 0.350. The van der Waals surface area contributed by atoms with Crippen molar-refractivity contribution in [2.45, 2.75) is 24.7 Å². The van der Waals surface area contributed by atoms with Gasteiger partial charge in [-0.3, -0.25) is 0 Å². The van der Waals surface area contributed by atoms with Crippen molar-refractivity contribution in [3.8, 4) is 11.8 Å². The molecule has 1 aromatic rings. The van der Waals surface area contributed by atoms with Crippen molar-refractivity contribution in [2.24, 2.45) is 5.92 Å². The van der Waals surface area contributed by atoms with E-state index in [0.29, 0.717) is 24.6 Å². The molecular weight excluding hydrogens is 274 g/mol. The maximum Gasteiger partial charge on any atom is 0.243 e. The molecule has 108 valence electrons. The fraction of sp³-hybridized carbons (Fsp3) is 0.467. The van der Waals surface area contributed by atoms with E-state index in [9.17, 15) is 8.42 Å². The Morgan fingerprint density at radius 1 is 1.45 bits per heavy atom. The minimum Gasteiger partial charge on any atom is -0.384 e. The molecule has 1 fully saturated rings. The number of aliphatic hydroxyl groups excluding tert-OH is 1. The number of hydrogen-bond acceptors (Lipinski definition) is 3. The van der Waals surface area contributed by atoms with E-state index in [2.05, 4.69) is 18.8 Å². The van der Waals surface area contributed by atoms with Gasteiger partial charge in [-0.05, 0) is 30.5 Å². The standard InChI is InChI=1S/C15H19NO3S/c1-2-13-8-9-16(12-13)20(18,19)15-7-3-5-14(11-15)6-4-10-17/h3,5,7,11,13,17H,2,8-10,12H2,1H3. The first-order chi connectivity index (χ1) is 9.57. The number of benzene rings is 1. The maximum atomic E-state index is 12.6. The summed E-state index contributed by atoms with van der Waals surface area (Å²) in [5.41, 5.74) is 0.603. The molecule has 4 nitrogen and oxygen atoms in total.